The zero-order chi connectivity index (χ0) is 15.4. The smallest absolute Gasteiger partial charge is 0.258 e. The summed E-state index contributed by atoms with van der Waals surface area (Å²) < 4.78 is 13.9. The van der Waals surface area contributed by atoms with Gasteiger partial charge in [-0.05, 0) is 30.0 Å². The summed E-state index contributed by atoms with van der Waals surface area (Å²) in [7, 11) is 0. The number of nitrogen functional groups attached to an aromatic ring is 1. The van der Waals surface area contributed by atoms with Gasteiger partial charge < -0.3 is 11.1 Å². The zero-order valence-electron chi connectivity index (χ0n) is 12.1. The minimum atomic E-state index is -0.790. The van der Waals surface area contributed by atoms with E-state index in [0.29, 0.717) is 0 Å². The van der Waals surface area contributed by atoms with Crippen LogP contribution in [0.2, 0.25) is 0 Å². The van der Waals surface area contributed by atoms with Crippen molar-refractivity contribution in [1.82, 2.24) is 4.98 Å². The molecule has 0 unspecified atom stereocenters. The van der Waals surface area contributed by atoms with E-state index in [9.17, 15) is 9.18 Å². The highest BCUT2D eigenvalue weighted by Gasteiger charge is 2.17. The SMILES string of the molecule is CCc1cccc(CC)c1NC(=O)c1ccnc(N)c1F. The molecule has 1 aromatic carbocycles. The maximum Gasteiger partial charge on any atom is 0.258 e. The normalized spacial score (nSPS) is 10.4. The molecule has 3 N–H and O–H groups in total. The number of nitrogens with two attached hydrogens (primary N) is 1. The van der Waals surface area contributed by atoms with E-state index in [0.717, 1.165) is 29.7 Å². The first-order valence-electron chi connectivity index (χ1n) is 6.90. The molecule has 1 amide bonds. The Labute approximate surface area is 123 Å². The molecule has 0 spiro atoms. The van der Waals surface area contributed by atoms with Crippen molar-refractivity contribution in [3.8, 4) is 0 Å². The number of hydrogen-bond donors (Lipinski definition) is 2. The number of aromatic nitrogens is 1. The highest BCUT2D eigenvalue weighted by Crippen LogP contribution is 2.24. The summed E-state index contributed by atoms with van der Waals surface area (Å²) in [6.07, 6.45) is 2.88. The fourth-order valence-electron chi connectivity index (χ4n) is 2.22. The standard InChI is InChI=1S/C16H18FN3O/c1-3-10-6-5-7-11(4-2)14(10)20-16(21)12-8-9-19-15(18)13(12)17/h5-9H,3-4H2,1-2H3,(H2,18,19)(H,20,21). The van der Waals surface area contributed by atoms with Crippen LogP contribution in [-0.4, -0.2) is 10.9 Å². The summed E-state index contributed by atoms with van der Waals surface area (Å²) in [6.45, 7) is 4.02. The molecule has 2 rings (SSSR count). The van der Waals surface area contributed by atoms with E-state index in [1.54, 1.807) is 0 Å². The van der Waals surface area contributed by atoms with Crippen LogP contribution in [-0.2, 0) is 12.8 Å². The highest BCUT2D eigenvalue weighted by molar-refractivity contribution is 6.05. The van der Waals surface area contributed by atoms with E-state index in [2.05, 4.69) is 10.3 Å². The molecular weight excluding hydrogens is 269 g/mol. The Morgan fingerprint density at radius 3 is 2.43 bits per heavy atom. The molecule has 0 saturated carbocycles. The molecular formula is C16H18FN3O. The van der Waals surface area contributed by atoms with Crippen molar-refractivity contribution in [2.24, 2.45) is 0 Å². The number of benzene rings is 1. The number of amides is 1. The Morgan fingerprint density at radius 1 is 1.24 bits per heavy atom. The maximum absolute atomic E-state index is 13.9. The van der Waals surface area contributed by atoms with Crippen LogP contribution in [0.5, 0.6) is 0 Å². The first-order chi connectivity index (χ1) is 10.1. The number of carbonyl (C=O) groups is 1. The molecule has 110 valence electrons. The monoisotopic (exact) mass is 287 g/mol. The molecule has 0 aliphatic rings. The molecule has 21 heavy (non-hydrogen) atoms. The summed E-state index contributed by atoms with van der Waals surface area (Å²) in [5.41, 5.74) is 8.09. The first kappa shape index (κ1) is 15.0. The number of pyridine rings is 1. The van der Waals surface area contributed by atoms with Gasteiger partial charge in [-0.2, -0.15) is 0 Å². The number of aryl methyl sites for hydroxylation is 2. The lowest BCUT2D eigenvalue weighted by molar-refractivity contribution is 0.102. The van der Waals surface area contributed by atoms with Crippen molar-refractivity contribution in [2.45, 2.75) is 26.7 Å². The van der Waals surface area contributed by atoms with Crippen molar-refractivity contribution in [2.75, 3.05) is 11.1 Å². The molecule has 1 aromatic heterocycles. The van der Waals surface area contributed by atoms with Crippen molar-refractivity contribution < 1.29 is 9.18 Å². The van der Waals surface area contributed by atoms with Crippen LogP contribution in [0.15, 0.2) is 30.5 Å². The maximum atomic E-state index is 13.9. The van der Waals surface area contributed by atoms with Crippen LogP contribution in [0.4, 0.5) is 15.9 Å². The molecule has 0 atom stereocenters. The quantitative estimate of drug-likeness (QED) is 0.907. The average Bonchev–Trinajstić information content (AvgIpc) is 2.50. The third kappa shape index (κ3) is 3.02. The average molecular weight is 287 g/mol. The van der Waals surface area contributed by atoms with Crippen LogP contribution in [0.25, 0.3) is 0 Å². The Balaban J connectivity index is 2.38. The Morgan fingerprint density at radius 2 is 1.86 bits per heavy atom. The lowest BCUT2D eigenvalue weighted by Crippen LogP contribution is -2.17. The van der Waals surface area contributed by atoms with E-state index >= 15 is 0 Å². The van der Waals surface area contributed by atoms with Crippen LogP contribution in [0, 0.1) is 5.82 Å². The number of carbonyl (C=O) groups excluding carboxylic acids is 1. The van der Waals surface area contributed by atoms with Gasteiger partial charge in [0.25, 0.3) is 5.91 Å². The first-order valence-corrected chi connectivity index (χ1v) is 6.90. The van der Waals surface area contributed by atoms with Crippen LogP contribution in [0.3, 0.4) is 0 Å². The van der Waals surface area contributed by atoms with Gasteiger partial charge in [-0.3, -0.25) is 4.79 Å². The molecule has 0 aliphatic carbocycles. The van der Waals surface area contributed by atoms with Gasteiger partial charge in [-0.15, -0.1) is 0 Å². The minimum absolute atomic E-state index is 0.101. The third-order valence-electron chi connectivity index (χ3n) is 3.40. The number of para-hydroxylation sites is 1. The van der Waals surface area contributed by atoms with Gasteiger partial charge in [-0.25, -0.2) is 9.37 Å². The largest absolute Gasteiger partial charge is 0.381 e. The third-order valence-corrected chi connectivity index (χ3v) is 3.40. The summed E-state index contributed by atoms with van der Waals surface area (Å²) in [6, 6.07) is 7.18. The number of anilines is 2. The van der Waals surface area contributed by atoms with E-state index in [1.807, 2.05) is 32.0 Å². The van der Waals surface area contributed by atoms with E-state index in [4.69, 9.17) is 5.73 Å². The van der Waals surface area contributed by atoms with Crippen LogP contribution < -0.4 is 11.1 Å². The summed E-state index contributed by atoms with van der Waals surface area (Å²) in [5.74, 6) is -1.58. The zero-order valence-corrected chi connectivity index (χ0v) is 12.1. The van der Waals surface area contributed by atoms with Crippen LogP contribution in [0.1, 0.15) is 35.3 Å². The van der Waals surface area contributed by atoms with Gasteiger partial charge in [0.2, 0.25) is 0 Å². The molecule has 5 heteroatoms. The second-order valence-electron chi connectivity index (χ2n) is 4.67. The number of halogens is 1. The van der Waals surface area contributed by atoms with Crippen molar-refractivity contribution in [1.29, 1.82) is 0 Å². The molecule has 2 aromatic rings. The Hall–Kier alpha value is -2.43. The highest BCUT2D eigenvalue weighted by atomic mass is 19.1. The molecule has 4 nitrogen and oxygen atoms in total. The second-order valence-corrected chi connectivity index (χ2v) is 4.67. The fourth-order valence-corrected chi connectivity index (χ4v) is 2.22. The molecule has 1 heterocycles. The lowest BCUT2D eigenvalue weighted by atomic mass is 10.0. The van der Waals surface area contributed by atoms with E-state index in [1.165, 1.54) is 12.3 Å². The van der Waals surface area contributed by atoms with Crippen LogP contribution >= 0.6 is 0 Å². The Bertz CT molecular complexity index is 648. The van der Waals surface area contributed by atoms with Crippen molar-refractivity contribution in [3.05, 3.63) is 53.0 Å². The number of rotatable bonds is 4. The molecule has 0 saturated heterocycles. The molecule has 0 radical (unpaired) electrons. The van der Waals surface area contributed by atoms with Gasteiger partial charge in [-0.1, -0.05) is 32.0 Å². The predicted molar refractivity (Wildman–Crippen MR) is 81.8 cm³/mol. The van der Waals surface area contributed by atoms with Gasteiger partial charge >= 0.3 is 0 Å². The van der Waals surface area contributed by atoms with Gasteiger partial charge in [0, 0.05) is 11.9 Å². The number of nitrogens with zero attached hydrogens (tertiary/aromatic N) is 1. The summed E-state index contributed by atoms with van der Waals surface area (Å²) in [4.78, 5) is 15.9. The van der Waals surface area contributed by atoms with E-state index in [-0.39, 0.29) is 11.4 Å². The lowest BCUT2D eigenvalue weighted by Gasteiger charge is -2.14. The predicted octanol–water partition coefficient (Wildman–Crippen LogP) is 3.18. The van der Waals surface area contributed by atoms with E-state index < -0.39 is 11.7 Å². The Kier molecular flexibility index (Phi) is 4.52. The van der Waals surface area contributed by atoms with Crippen molar-refractivity contribution in [3.63, 3.8) is 0 Å². The van der Waals surface area contributed by atoms with Gasteiger partial charge in [0.05, 0.1) is 5.56 Å². The minimum Gasteiger partial charge on any atom is -0.381 e. The fraction of sp³-hybridized carbons (Fsp3) is 0.250. The second kappa shape index (κ2) is 6.35. The molecule has 0 bridgehead atoms. The number of hydrogen-bond acceptors (Lipinski definition) is 3. The van der Waals surface area contributed by atoms with Gasteiger partial charge in [0.1, 0.15) is 0 Å². The summed E-state index contributed by atoms with van der Waals surface area (Å²) >= 11 is 0. The molecule has 0 aliphatic heterocycles. The molecule has 0 fully saturated rings. The number of nitrogens with one attached hydrogen (secondary N) is 1. The summed E-state index contributed by atoms with van der Waals surface area (Å²) in [5, 5.41) is 2.80. The van der Waals surface area contributed by atoms with Gasteiger partial charge in [0.15, 0.2) is 11.6 Å². The van der Waals surface area contributed by atoms with Crippen molar-refractivity contribution >= 4 is 17.4 Å². The topological polar surface area (TPSA) is 68.0 Å².